The number of benzene rings is 2. The maximum Gasteiger partial charge on any atom is 0.243 e. The molecular formula is C22H22N6O2S. The minimum absolute atomic E-state index is 0.360. The molecule has 2 aromatic heterocycles. The molecular weight excluding hydrogens is 412 g/mol. The fraction of sp³-hybridized carbons (Fsp3) is 0.227. The maximum absolute atomic E-state index is 13.4. The van der Waals surface area contributed by atoms with Crippen molar-refractivity contribution in [3.05, 3.63) is 73.1 Å². The molecule has 0 N–H and O–H groups in total. The lowest BCUT2D eigenvalue weighted by Crippen LogP contribution is -2.49. The van der Waals surface area contributed by atoms with E-state index in [1.165, 1.54) is 0 Å². The predicted molar refractivity (Wildman–Crippen MR) is 119 cm³/mol. The molecule has 0 saturated carbocycles. The van der Waals surface area contributed by atoms with Gasteiger partial charge in [0.1, 0.15) is 23.8 Å². The van der Waals surface area contributed by atoms with Gasteiger partial charge in [-0.15, -0.1) is 0 Å². The monoisotopic (exact) mass is 434 g/mol. The summed E-state index contributed by atoms with van der Waals surface area (Å²) in [6.45, 7) is 3.77. The molecule has 31 heavy (non-hydrogen) atoms. The van der Waals surface area contributed by atoms with Gasteiger partial charge in [0, 0.05) is 50.0 Å². The molecule has 0 bridgehead atoms. The highest BCUT2D eigenvalue weighted by Crippen LogP contribution is 2.27. The smallest absolute Gasteiger partial charge is 0.243 e. The zero-order valence-corrected chi connectivity index (χ0v) is 17.9. The van der Waals surface area contributed by atoms with Crippen molar-refractivity contribution in [2.24, 2.45) is 0 Å². The van der Waals surface area contributed by atoms with Crippen LogP contribution >= 0.6 is 0 Å². The highest BCUT2D eigenvalue weighted by Gasteiger charge is 2.30. The zero-order chi connectivity index (χ0) is 21.4. The molecule has 1 aliphatic rings. The van der Waals surface area contributed by atoms with E-state index in [0.717, 1.165) is 22.4 Å². The lowest BCUT2D eigenvalue weighted by atomic mass is 10.1. The van der Waals surface area contributed by atoms with Crippen LogP contribution in [0.5, 0.6) is 0 Å². The minimum Gasteiger partial charge on any atom is -0.354 e. The Labute approximate surface area is 180 Å². The molecule has 9 heteroatoms. The van der Waals surface area contributed by atoms with E-state index < -0.39 is 10.0 Å². The number of anilines is 1. The Balaban J connectivity index is 1.38. The Bertz CT molecular complexity index is 1320. The molecule has 5 rings (SSSR count). The van der Waals surface area contributed by atoms with E-state index in [1.807, 2.05) is 54.1 Å². The molecule has 3 heterocycles. The van der Waals surface area contributed by atoms with Crippen molar-refractivity contribution in [1.29, 1.82) is 0 Å². The topological polar surface area (TPSA) is 84.2 Å². The summed E-state index contributed by atoms with van der Waals surface area (Å²) in [6.07, 6.45) is 5.23. The average Bonchev–Trinajstić information content (AvgIpc) is 3.33. The number of nitrogens with zero attached hydrogens (tertiary/aromatic N) is 6. The summed E-state index contributed by atoms with van der Waals surface area (Å²) in [4.78, 5) is 15.6. The van der Waals surface area contributed by atoms with Crippen molar-refractivity contribution in [1.82, 2.24) is 23.8 Å². The Hall–Kier alpha value is -3.30. The molecule has 1 saturated heterocycles. The lowest BCUT2D eigenvalue weighted by Gasteiger charge is -2.35. The number of rotatable bonds is 4. The zero-order valence-electron chi connectivity index (χ0n) is 17.1. The summed E-state index contributed by atoms with van der Waals surface area (Å²) in [5.41, 5.74) is 0. The number of fused-ring (bicyclic) bond motifs is 1. The largest absolute Gasteiger partial charge is 0.354 e. The molecule has 0 amide bonds. The van der Waals surface area contributed by atoms with Crippen LogP contribution < -0.4 is 4.90 Å². The van der Waals surface area contributed by atoms with Gasteiger partial charge < -0.3 is 4.90 Å². The van der Waals surface area contributed by atoms with Crippen LogP contribution in [0.2, 0.25) is 0 Å². The summed E-state index contributed by atoms with van der Waals surface area (Å²) >= 11 is 0. The van der Waals surface area contributed by atoms with Crippen LogP contribution in [-0.2, 0) is 10.0 Å². The third kappa shape index (κ3) is 3.66. The van der Waals surface area contributed by atoms with Gasteiger partial charge in [-0.25, -0.2) is 23.4 Å². The quantitative estimate of drug-likeness (QED) is 0.491. The summed E-state index contributed by atoms with van der Waals surface area (Å²) < 4.78 is 30.2. The van der Waals surface area contributed by atoms with E-state index in [2.05, 4.69) is 19.9 Å². The van der Waals surface area contributed by atoms with Crippen LogP contribution in [0, 0.1) is 6.92 Å². The normalized spacial score (nSPS) is 15.5. The third-order valence-electron chi connectivity index (χ3n) is 5.51. The molecule has 0 aliphatic carbocycles. The van der Waals surface area contributed by atoms with Crippen molar-refractivity contribution in [3.8, 4) is 5.82 Å². The molecule has 4 aromatic rings. The van der Waals surface area contributed by atoms with Crippen LogP contribution in [0.3, 0.4) is 0 Å². The minimum atomic E-state index is -3.58. The number of hydrogen-bond donors (Lipinski definition) is 0. The molecule has 1 aliphatic heterocycles. The molecule has 2 aromatic carbocycles. The highest BCUT2D eigenvalue weighted by atomic mass is 32.2. The molecule has 158 valence electrons. The average molecular weight is 435 g/mol. The number of aromatic nitrogens is 4. The van der Waals surface area contributed by atoms with Gasteiger partial charge in [-0.2, -0.15) is 4.31 Å². The van der Waals surface area contributed by atoms with Gasteiger partial charge in [0.05, 0.1) is 4.90 Å². The summed E-state index contributed by atoms with van der Waals surface area (Å²) in [7, 11) is -3.58. The van der Waals surface area contributed by atoms with Gasteiger partial charge in [-0.1, -0.05) is 36.4 Å². The number of aryl methyl sites for hydroxylation is 1. The van der Waals surface area contributed by atoms with E-state index in [9.17, 15) is 8.42 Å². The van der Waals surface area contributed by atoms with E-state index in [4.69, 9.17) is 0 Å². The molecule has 8 nitrogen and oxygen atoms in total. The SMILES string of the molecule is Cc1nc(N2CCN(S(=O)(=O)c3cccc4ccccc34)CC2)cc(-n2ccnc2)n1. The second-order valence-corrected chi connectivity index (χ2v) is 9.38. The number of piperazine rings is 1. The fourth-order valence-electron chi connectivity index (χ4n) is 3.94. The van der Waals surface area contributed by atoms with E-state index in [0.29, 0.717) is 36.9 Å². The lowest BCUT2D eigenvalue weighted by molar-refractivity contribution is 0.384. The summed E-state index contributed by atoms with van der Waals surface area (Å²) in [5.74, 6) is 2.19. The number of hydrogen-bond acceptors (Lipinski definition) is 6. The van der Waals surface area contributed by atoms with Gasteiger partial charge in [0.25, 0.3) is 0 Å². The number of imidazole rings is 1. The standard InChI is InChI=1S/C22H22N6O2S/c1-17-24-21(15-22(25-17)27-10-9-23-16-27)26-11-13-28(14-12-26)31(29,30)20-8-4-6-18-5-2-3-7-19(18)20/h2-10,15-16H,11-14H2,1H3. The molecule has 0 spiro atoms. The van der Waals surface area contributed by atoms with Crippen molar-refractivity contribution < 1.29 is 8.42 Å². The van der Waals surface area contributed by atoms with Crippen molar-refractivity contribution >= 4 is 26.6 Å². The van der Waals surface area contributed by atoms with E-state index >= 15 is 0 Å². The molecule has 0 radical (unpaired) electrons. The Kier molecular flexibility index (Phi) is 4.91. The molecule has 1 fully saturated rings. The second kappa shape index (κ2) is 7.75. The summed E-state index contributed by atoms with van der Waals surface area (Å²) in [6, 6.07) is 14.9. The first-order chi connectivity index (χ1) is 15.0. The van der Waals surface area contributed by atoms with Crippen molar-refractivity contribution in [2.45, 2.75) is 11.8 Å². The Morgan fingerprint density at radius 3 is 2.42 bits per heavy atom. The molecule has 0 atom stereocenters. The number of sulfonamides is 1. The van der Waals surface area contributed by atoms with Crippen molar-refractivity contribution in [2.75, 3.05) is 31.1 Å². The first-order valence-electron chi connectivity index (χ1n) is 10.1. The van der Waals surface area contributed by atoms with Crippen LogP contribution in [0.25, 0.3) is 16.6 Å². The van der Waals surface area contributed by atoms with Crippen molar-refractivity contribution in [3.63, 3.8) is 0 Å². The highest BCUT2D eigenvalue weighted by molar-refractivity contribution is 7.89. The van der Waals surface area contributed by atoms with Gasteiger partial charge in [0.15, 0.2) is 0 Å². The Morgan fingerprint density at radius 2 is 1.65 bits per heavy atom. The van der Waals surface area contributed by atoms with E-state index in [-0.39, 0.29) is 0 Å². The van der Waals surface area contributed by atoms with Crippen LogP contribution in [0.4, 0.5) is 5.82 Å². The first kappa shape index (κ1) is 19.7. The van der Waals surface area contributed by atoms with Crippen LogP contribution in [0.15, 0.2) is 72.1 Å². The second-order valence-electron chi connectivity index (χ2n) is 7.47. The predicted octanol–water partition coefficient (Wildman–Crippen LogP) is 2.63. The first-order valence-corrected chi connectivity index (χ1v) is 11.5. The van der Waals surface area contributed by atoms with Crippen LogP contribution in [-0.4, -0.2) is 58.4 Å². The van der Waals surface area contributed by atoms with Gasteiger partial charge in [-0.3, -0.25) is 4.57 Å². The summed E-state index contributed by atoms with van der Waals surface area (Å²) in [5, 5.41) is 1.68. The fourth-order valence-corrected chi connectivity index (χ4v) is 5.58. The van der Waals surface area contributed by atoms with E-state index in [1.54, 1.807) is 29.0 Å². The third-order valence-corrected chi connectivity index (χ3v) is 7.47. The van der Waals surface area contributed by atoms with Gasteiger partial charge in [0.2, 0.25) is 10.0 Å². The maximum atomic E-state index is 13.4. The van der Waals surface area contributed by atoms with Crippen LogP contribution in [0.1, 0.15) is 5.82 Å². The van der Waals surface area contributed by atoms with Gasteiger partial charge in [-0.05, 0) is 18.4 Å². The molecule has 0 unspecified atom stereocenters. The van der Waals surface area contributed by atoms with Gasteiger partial charge >= 0.3 is 0 Å². The Morgan fingerprint density at radius 1 is 0.903 bits per heavy atom.